The molecule has 1 aliphatic rings. The first-order valence-electron chi connectivity index (χ1n) is 6.35. The lowest BCUT2D eigenvalue weighted by molar-refractivity contribution is -0.120. The third-order valence-electron chi connectivity index (χ3n) is 3.13. The van der Waals surface area contributed by atoms with Gasteiger partial charge in [0.05, 0.1) is 5.69 Å². The fourth-order valence-corrected chi connectivity index (χ4v) is 2.84. The van der Waals surface area contributed by atoms with Crippen LogP contribution in [0.25, 0.3) is 0 Å². The topological polar surface area (TPSA) is 41.6 Å². The summed E-state index contributed by atoms with van der Waals surface area (Å²) in [7, 11) is 1.75. The molecule has 0 fully saturated rings. The van der Waals surface area contributed by atoms with Crippen molar-refractivity contribution in [3.63, 3.8) is 0 Å². The Morgan fingerprint density at radius 2 is 2.14 bits per heavy atom. The minimum absolute atomic E-state index is 0.0487. The van der Waals surface area contributed by atoms with Gasteiger partial charge in [-0.1, -0.05) is 17.7 Å². The third-order valence-corrected chi connectivity index (χ3v) is 4.19. The number of nitrogens with zero attached hydrogens (tertiary/aromatic N) is 1. The molecule has 1 amide bonds. The normalized spacial score (nSPS) is 13.6. The van der Waals surface area contributed by atoms with Crippen molar-refractivity contribution < 1.29 is 9.53 Å². The van der Waals surface area contributed by atoms with Crippen LogP contribution in [-0.2, 0) is 4.79 Å². The summed E-state index contributed by atoms with van der Waals surface area (Å²) in [6.07, 6.45) is 0. The summed E-state index contributed by atoms with van der Waals surface area (Å²) in [5.41, 5.74) is 1.70. The summed E-state index contributed by atoms with van der Waals surface area (Å²) in [5.74, 6) is 0.677. The molecule has 0 unspecified atom stereocenters. The molecule has 3 rings (SSSR count). The van der Waals surface area contributed by atoms with Crippen molar-refractivity contribution in [2.75, 3.05) is 23.3 Å². The van der Waals surface area contributed by atoms with Crippen LogP contribution in [0.4, 0.5) is 11.4 Å². The molecule has 0 aliphatic carbocycles. The van der Waals surface area contributed by atoms with Gasteiger partial charge in [0.25, 0.3) is 5.91 Å². The summed E-state index contributed by atoms with van der Waals surface area (Å²) >= 11 is 7.40. The average Bonchev–Trinajstić information content (AvgIpc) is 2.49. The number of rotatable bonds is 3. The van der Waals surface area contributed by atoms with E-state index in [2.05, 4.69) is 4.72 Å². The molecular weight excluding hydrogens is 308 g/mol. The van der Waals surface area contributed by atoms with Gasteiger partial charge in [-0.2, -0.15) is 0 Å². The second-order valence-corrected chi connectivity index (χ2v) is 5.90. The van der Waals surface area contributed by atoms with Crippen molar-refractivity contribution in [2.24, 2.45) is 0 Å². The maximum atomic E-state index is 11.6. The Kier molecular flexibility index (Phi) is 3.94. The molecular formula is C15H13ClN2O2S. The maximum Gasteiger partial charge on any atom is 0.264 e. The van der Waals surface area contributed by atoms with Crippen LogP contribution in [0.15, 0.2) is 47.4 Å². The molecule has 0 spiro atoms. The molecule has 0 aromatic heterocycles. The van der Waals surface area contributed by atoms with Crippen molar-refractivity contribution in [3.05, 3.63) is 47.5 Å². The lowest BCUT2D eigenvalue weighted by Crippen LogP contribution is -2.35. The standard InChI is InChI=1S/C15H13ClN2O2S/c1-18-13-8-12(5-6-14(13)20-9-15(18)19)21-17-11-4-2-3-10(16)7-11/h2-8,17H,9H2,1H3. The number of benzene rings is 2. The first kappa shape index (κ1) is 14.1. The lowest BCUT2D eigenvalue weighted by Gasteiger charge is -2.26. The Morgan fingerprint density at radius 1 is 1.29 bits per heavy atom. The lowest BCUT2D eigenvalue weighted by atomic mass is 10.2. The smallest absolute Gasteiger partial charge is 0.264 e. The van der Waals surface area contributed by atoms with E-state index in [1.54, 1.807) is 11.9 Å². The second-order valence-electron chi connectivity index (χ2n) is 4.59. The van der Waals surface area contributed by atoms with Crippen molar-refractivity contribution in [1.29, 1.82) is 0 Å². The van der Waals surface area contributed by atoms with Crippen molar-refractivity contribution in [3.8, 4) is 5.75 Å². The largest absolute Gasteiger partial charge is 0.482 e. The van der Waals surface area contributed by atoms with Gasteiger partial charge >= 0.3 is 0 Å². The van der Waals surface area contributed by atoms with E-state index in [9.17, 15) is 4.79 Å². The molecule has 108 valence electrons. The van der Waals surface area contributed by atoms with Gasteiger partial charge in [-0.05, 0) is 48.3 Å². The summed E-state index contributed by atoms with van der Waals surface area (Å²) in [6.45, 7) is 0.0940. The molecule has 4 nitrogen and oxygen atoms in total. The highest BCUT2D eigenvalue weighted by molar-refractivity contribution is 8.00. The summed E-state index contributed by atoms with van der Waals surface area (Å²) in [4.78, 5) is 14.2. The van der Waals surface area contributed by atoms with Crippen LogP contribution in [-0.4, -0.2) is 19.6 Å². The predicted molar refractivity (Wildman–Crippen MR) is 86.3 cm³/mol. The minimum atomic E-state index is -0.0487. The zero-order valence-corrected chi connectivity index (χ0v) is 12.9. The van der Waals surface area contributed by atoms with Gasteiger partial charge in [-0.15, -0.1) is 0 Å². The molecule has 0 saturated carbocycles. The predicted octanol–water partition coefficient (Wildman–Crippen LogP) is 3.81. The van der Waals surface area contributed by atoms with Gasteiger partial charge in [-0.25, -0.2) is 0 Å². The maximum absolute atomic E-state index is 11.6. The Labute approximate surface area is 132 Å². The fraction of sp³-hybridized carbons (Fsp3) is 0.133. The Morgan fingerprint density at radius 3 is 2.95 bits per heavy atom. The number of hydrogen-bond donors (Lipinski definition) is 1. The number of carbonyl (C=O) groups is 1. The Hall–Kier alpha value is -1.85. The molecule has 1 N–H and O–H groups in total. The van der Waals surface area contributed by atoms with Crippen molar-refractivity contribution in [1.82, 2.24) is 0 Å². The summed E-state index contributed by atoms with van der Waals surface area (Å²) in [6, 6.07) is 13.3. The molecule has 0 saturated heterocycles. The van der Waals surface area contributed by atoms with Gasteiger partial charge < -0.3 is 14.4 Å². The first-order chi connectivity index (χ1) is 10.1. The molecule has 6 heteroatoms. The summed E-state index contributed by atoms with van der Waals surface area (Å²) in [5, 5.41) is 0.685. The number of likely N-dealkylation sites (N-methyl/N-ethyl adjacent to an activating group) is 1. The highest BCUT2D eigenvalue weighted by Crippen LogP contribution is 2.35. The molecule has 21 heavy (non-hydrogen) atoms. The first-order valence-corrected chi connectivity index (χ1v) is 7.55. The van der Waals surface area contributed by atoms with E-state index < -0.39 is 0 Å². The van der Waals surface area contributed by atoms with Crippen LogP contribution >= 0.6 is 23.5 Å². The number of nitrogens with one attached hydrogen (secondary N) is 1. The number of carbonyl (C=O) groups excluding carboxylic acids is 1. The molecule has 0 bridgehead atoms. The van der Waals surface area contributed by atoms with Crippen LogP contribution in [0.2, 0.25) is 5.02 Å². The summed E-state index contributed by atoms with van der Waals surface area (Å²) < 4.78 is 8.62. The zero-order chi connectivity index (χ0) is 14.8. The van der Waals surface area contributed by atoms with Crippen LogP contribution in [0.1, 0.15) is 0 Å². The number of halogens is 1. The van der Waals surface area contributed by atoms with Gasteiger partial charge in [0, 0.05) is 22.7 Å². The highest BCUT2D eigenvalue weighted by atomic mass is 35.5. The Balaban J connectivity index is 1.76. The van der Waals surface area contributed by atoms with E-state index in [1.807, 2.05) is 42.5 Å². The number of amides is 1. The highest BCUT2D eigenvalue weighted by Gasteiger charge is 2.22. The number of fused-ring (bicyclic) bond motifs is 1. The quantitative estimate of drug-likeness (QED) is 0.873. The van der Waals surface area contributed by atoms with E-state index in [1.165, 1.54) is 11.9 Å². The molecule has 0 radical (unpaired) electrons. The van der Waals surface area contributed by atoms with Crippen LogP contribution in [0, 0.1) is 0 Å². The average molecular weight is 321 g/mol. The SMILES string of the molecule is CN1C(=O)COc2ccc(SNc3cccc(Cl)c3)cc21. The molecule has 1 heterocycles. The van der Waals surface area contributed by atoms with E-state index in [0.717, 1.165) is 22.0 Å². The van der Waals surface area contributed by atoms with Crippen molar-refractivity contribution >= 4 is 40.8 Å². The minimum Gasteiger partial charge on any atom is -0.482 e. The number of ether oxygens (including phenoxy) is 1. The van der Waals surface area contributed by atoms with Gasteiger partial charge in [-0.3, -0.25) is 4.79 Å². The van der Waals surface area contributed by atoms with Crippen molar-refractivity contribution in [2.45, 2.75) is 4.90 Å². The third kappa shape index (κ3) is 3.09. The van der Waals surface area contributed by atoms with Gasteiger partial charge in [0.1, 0.15) is 5.75 Å². The van der Waals surface area contributed by atoms with E-state index >= 15 is 0 Å². The monoisotopic (exact) mass is 320 g/mol. The van der Waals surface area contributed by atoms with E-state index in [0.29, 0.717) is 5.02 Å². The molecule has 2 aromatic carbocycles. The van der Waals surface area contributed by atoms with E-state index in [4.69, 9.17) is 16.3 Å². The molecule has 1 aliphatic heterocycles. The van der Waals surface area contributed by atoms with Crippen LogP contribution < -0.4 is 14.4 Å². The van der Waals surface area contributed by atoms with Gasteiger partial charge in [0.15, 0.2) is 6.61 Å². The van der Waals surface area contributed by atoms with Gasteiger partial charge in [0.2, 0.25) is 0 Å². The molecule has 2 aromatic rings. The van der Waals surface area contributed by atoms with Crippen LogP contribution in [0.5, 0.6) is 5.75 Å². The van der Waals surface area contributed by atoms with Crippen LogP contribution in [0.3, 0.4) is 0 Å². The number of anilines is 2. The number of hydrogen-bond acceptors (Lipinski definition) is 4. The van der Waals surface area contributed by atoms with E-state index in [-0.39, 0.29) is 12.5 Å². The molecule has 0 atom stereocenters. The second kappa shape index (κ2) is 5.87. The Bertz CT molecular complexity index is 693. The fourth-order valence-electron chi connectivity index (χ4n) is 1.99. The zero-order valence-electron chi connectivity index (χ0n) is 11.3.